The molecule has 0 bridgehead atoms. The first-order valence-electron chi connectivity index (χ1n) is 6.30. The molecule has 1 rings (SSSR count). The molecule has 2 N–H and O–H groups in total. The number of ether oxygens (including phenoxy) is 1. The molecule has 0 aliphatic carbocycles. The van der Waals surface area contributed by atoms with E-state index in [9.17, 15) is 4.79 Å². The number of rotatable bonds is 7. The summed E-state index contributed by atoms with van der Waals surface area (Å²) in [6.45, 7) is 3.53. The minimum absolute atomic E-state index is 0.444. The Morgan fingerprint density at radius 2 is 2.41 bits per heavy atom. The van der Waals surface area contributed by atoms with Gasteiger partial charge in [0, 0.05) is 13.2 Å². The molecule has 2 unspecified atom stereocenters. The molecule has 1 heterocycles. The minimum atomic E-state index is -0.776. The maximum absolute atomic E-state index is 10.8. The minimum Gasteiger partial charge on any atom is -0.480 e. The third-order valence-electron chi connectivity index (χ3n) is 3.27. The van der Waals surface area contributed by atoms with Crippen LogP contribution in [-0.2, 0) is 9.53 Å². The molecule has 0 aromatic carbocycles. The van der Waals surface area contributed by atoms with E-state index in [2.05, 4.69) is 10.2 Å². The van der Waals surface area contributed by atoms with Crippen LogP contribution in [0.15, 0.2) is 0 Å². The van der Waals surface area contributed by atoms with Crippen LogP contribution in [0.1, 0.15) is 19.3 Å². The number of aliphatic carboxylic acids is 1. The highest BCUT2D eigenvalue weighted by atomic mass is 16.5. The van der Waals surface area contributed by atoms with Gasteiger partial charge in [-0.25, -0.2) is 0 Å². The van der Waals surface area contributed by atoms with Crippen LogP contribution in [-0.4, -0.2) is 62.4 Å². The summed E-state index contributed by atoms with van der Waals surface area (Å²) in [7, 11) is 3.73. The SMILES string of the molecule is CNC(CCN(C)CC1CCCOC1)C(=O)O. The van der Waals surface area contributed by atoms with Gasteiger partial charge in [0.15, 0.2) is 0 Å². The lowest BCUT2D eigenvalue weighted by molar-refractivity contribution is -0.139. The zero-order chi connectivity index (χ0) is 12.7. The lowest BCUT2D eigenvalue weighted by Gasteiger charge is -2.27. The normalized spacial score (nSPS) is 22.6. The van der Waals surface area contributed by atoms with E-state index < -0.39 is 12.0 Å². The van der Waals surface area contributed by atoms with Crippen LogP contribution in [0.25, 0.3) is 0 Å². The van der Waals surface area contributed by atoms with E-state index in [1.54, 1.807) is 7.05 Å². The number of likely N-dealkylation sites (N-methyl/N-ethyl adjacent to an activating group) is 1. The van der Waals surface area contributed by atoms with Gasteiger partial charge in [-0.2, -0.15) is 0 Å². The fraction of sp³-hybridized carbons (Fsp3) is 0.917. The van der Waals surface area contributed by atoms with Crippen molar-refractivity contribution in [3.8, 4) is 0 Å². The Bertz CT molecular complexity index is 230. The summed E-state index contributed by atoms with van der Waals surface area (Å²) < 4.78 is 5.43. The van der Waals surface area contributed by atoms with E-state index >= 15 is 0 Å². The summed E-state index contributed by atoms with van der Waals surface area (Å²) in [6, 6.07) is -0.444. The van der Waals surface area contributed by atoms with Crippen molar-refractivity contribution in [3.63, 3.8) is 0 Å². The number of hydrogen-bond acceptors (Lipinski definition) is 4. The van der Waals surface area contributed by atoms with Crippen molar-refractivity contribution in [1.29, 1.82) is 0 Å². The molecule has 0 saturated carbocycles. The Labute approximate surface area is 103 Å². The first-order chi connectivity index (χ1) is 8.13. The Morgan fingerprint density at radius 3 is 2.94 bits per heavy atom. The molecule has 1 aliphatic rings. The van der Waals surface area contributed by atoms with Gasteiger partial charge in [0.25, 0.3) is 0 Å². The van der Waals surface area contributed by atoms with Crippen LogP contribution in [0.5, 0.6) is 0 Å². The molecule has 0 aromatic heterocycles. The Kier molecular flexibility index (Phi) is 6.47. The van der Waals surface area contributed by atoms with Gasteiger partial charge in [0.05, 0.1) is 6.61 Å². The van der Waals surface area contributed by atoms with Crippen molar-refractivity contribution in [2.75, 3.05) is 40.4 Å². The molecular weight excluding hydrogens is 220 g/mol. The predicted octanol–water partition coefficient (Wildman–Crippen LogP) is 0.408. The topological polar surface area (TPSA) is 61.8 Å². The molecule has 5 heteroatoms. The molecule has 0 spiro atoms. The molecular formula is C12H24N2O3. The lowest BCUT2D eigenvalue weighted by Crippen LogP contribution is -2.38. The maximum Gasteiger partial charge on any atom is 0.320 e. The van der Waals surface area contributed by atoms with Gasteiger partial charge in [-0.1, -0.05) is 0 Å². The van der Waals surface area contributed by atoms with Gasteiger partial charge in [-0.3, -0.25) is 4.79 Å². The smallest absolute Gasteiger partial charge is 0.320 e. The molecule has 17 heavy (non-hydrogen) atoms. The van der Waals surface area contributed by atoms with Crippen LogP contribution in [0, 0.1) is 5.92 Å². The highest BCUT2D eigenvalue weighted by Crippen LogP contribution is 2.14. The van der Waals surface area contributed by atoms with E-state index in [1.807, 2.05) is 7.05 Å². The van der Waals surface area contributed by atoms with E-state index in [0.717, 1.165) is 32.7 Å². The fourth-order valence-electron chi connectivity index (χ4n) is 2.22. The lowest BCUT2D eigenvalue weighted by atomic mass is 10.0. The molecule has 0 aromatic rings. The molecule has 5 nitrogen and oxygen atoms in total. The average Bonchev–Trinajstić information content (AvgIpc) is 2.30. The van der Waals surface area contributed by atoms with Gasteiger partial charge in [-0.15, -0.1) is 0 Å². The Balaban J connectivity index is 2.19. The zero-order valence-corrected chi connectivity index (χ0v) is 10.8. The van der Waals surface area contributed by atoms with E-state index in [1.165, 1.54) is 6.42 Å². The van der Waals surface area contributed by atoms with Crippen LogP contribution < -0.4 is 5.32 Å². The van der Waals surface area contributed by atoms with Crippen molar-refractivity contribution < 1.29 is 14.6 Å². The standard InChI is InChI=1S/C12H24N2O3/c1-13-11(12(15)16)5-6-14(2)8-10-4-3-7-17-9-10/h10-11,13H,3-9H2,1-2H3,(H,15,16). The van der Waals surface area contributed by atoms with E-state index in [-0.39, 0.29) is 0 Å². The van der Waals surface area contributed by atoms with Crippen LogP contribution in [0.3, 0.4) is 0 Å². The third-order valence-corrected chi connectivity index (χ3v) is 3.27. The number of nitrogens with zero attached hydrogens (tertiary/aromatic N) is 1. The second kappa shape index (κ2) is 7.63. The molecule has 1 fully saturated rings. The fourth-order valence-corrected chi connectivity index (χ4v) is 2.22. The Morgan fingerprint density at radius 1 is 1.65 bits per heavy atom. The number of hydrogen-bond donors (Lipinski definition) is 2. The maximum atomic E-state index is 10.8. The van der Waals surface area contributed by atoms with Gasteiger partial charge in [0.1, 0.15) is 6.04 Å². The van der Waals surface area contributed by atoms with Gasteiger partial charge in [-0.05, 0) is 45.8 Å². The zero-order valence-electron chi connectivity index (χ0n) is 10.8. The summed E-state index contributed by atoms with van der Waals surface area (Å²) >= 11 is 0. The molecule has 0 amide bonds. The quantitative estimate of drug-likeness (QED) is 0.679. The highest BCUT2D eigenvalue weighted by molar-refractivity contribution is 5.73. The van der Waals surface area contributed by atoms with Gasteiger partial charge < -0.3 is 20.1 Å². The largest absolute Gasteiger partial charge is 0.480 e. The summed E-state index contributed by atoms with van der Waals surface area (Å²) in [5.41, 5.74) is 0. The van der Waals surface area contributed by atoms with Gasteiger partial charge >= 0.3 is 5.97 Å². The molecule has 1 aliphatic heterocycles. The van der Waals surface area contributed by atoms with Gasteiger partial charge in [0.2, 0.25) is 0 Å². The van der Waals surface area contributed by atoms with E-state index in [0.29, 0.717) is 12.3 Å². The number of nitrogens with one attached hydrogen (secondary N) is 1. The van der Waals surface area contributed by atoms with Crippen molar-refractivity contribution in [2.45, 2.75) is 25.3 Å². The summed E-state index contributed by atoms with van der Waals surface area (Å²) in [5, 5.41) is 11.7. The van der Waals surface area contributed by atoms with Crippen LogP contribution >= 0.6 is 0 Å². The second-order valence-corrected chi connectivity index (χ2v) is 4.81. The molecule has 100 valence electrons. The monoisotopic (exact) mass is 244 g/mol. The first kappa shape index (κ1) is 14.4. The third kappa shape index (κ3) is 5.48. The summed E-state index contributed by atoms with van der Waals surface area (Å²) in [4.78, 5) is 13.0. The Hall–Kier alpha value is -0.650. The van der Waals surface area contributed by atoms with Crippen molar-refractivity contribution in [1.82, 2.24) is 10.2 Å². The van der Waals surface area contributed by atoms with E-state index in [4.69, 9.17) is 9.84 Å². The molecule has 2 atom stereocenters. The predicted molar refractivity (Wildman–Crippen MR) is 66.1 cm³/mol. The first-order valence-corrected chi connectivity index (χ1v) is 6.30. The highest BCUT2D eigenvalue weighted by Gasteiger charge is 2.18. The molecule has 0 radical (unpaired) electrons. The van der Waals surface area contributed by atoms with Crippen LogP contribution in [0.4, 0.5) is 0 Å². The van der Waals surface area contributed by atoms with Crippen LogP contribution in [0.2, 0.25) is 0 Å². The molecule has 1 saturated heterocycles. The average molecular weight is 244 g/mol. The number of carbonyl (C=O) groups is 1. The van der Waals surface area contributed by atoms with Crippen molar-refractivity contribution in [3.05, 3.63) is 0 Å². The number of carboxylic acids is 1. The second-order valence-electron chi connectivity index (χ2n) is 4.81. The van der Waals surface area contributed by atoms with Crippen molar-refractivity contribution >= 4 is 5.97 Å². The number of carboxylic acid groups (broad SMARTS) is 1. The summed E-state index contributed by atoms with van der Waals surface area (Å²) in [6.07, 6.45) is 3.00. The summed E-state index contributed by atoms with van der Waals surface area (Å²) in [5.74, 6) is -0.173. The van der Waals surface area contributed by atoms with Crippen molar-refractivity contribution in [2.24, 2.45) is 5.92 Å².